The predicted molar refractivity (Wildman–Crippen MR) is 88.0 cm³/mol. The molecule has 1 aromatic carbocycles. The van der Waals surface area contributed by atoms with E-state index in [1.165, 1.54) is 15.3 Å². The molecule has 0 radical (unpaired) electrons. The third-order valence-corrected chi connectivity index (χ3v) is 6.72. The molecular weight excluding hydrogens is 325 g/mol. The van der Waals surface area contributed by atoms with Gasteiger partial charge in [0.15, 0.2) is 0 Å². The van der Waals surface area contributed by atoms with Crippen molar-refractivity contribution >= 4 is 34.7 Å². The Morgan fingerprint density at radius 2 is 2.00 bits per heavy atom. The van der Waals surface area contributed by atoms with Gasteiger partial charge in [-0.05, 0) is 60.4 Å². The fourth-order valence-corrected chi connectivity index (χ4v) is 5.75. The van der Waals surface area contributed by atoms with Crippen molar-refractivity contribution in [1.82, 2.24) is 5.32 Å². The summed E-state index contributed by atoms with van der Waals surface area (Å²) in [4.78, 5) is 2.61. The van der Waals surface area contributed by atoms with E-state index in [-0.39, 0.29) is 11.9 Å². The van der Waals surface area contributed by atoms with Crippen LogP contribution in [0.3, 0.4) is 0 Å². The van der Waals surface area contributed by atoms with Gasteiger partial charge in [-0.1, -0.05) is 11.6 Å². The highest BCUT2D eigenvalue weighted by molar-refractivity contribution is 7.99. The first kappa shape index (κ1) is 14.1. The molecule has 110 valence electrons. The molecule has 1 aliphatic heterocycles. The summed E-state index contributed by atoms with van der Waals surface area (Å²) in [6, 6.07) is 7.84. The largest absolute Gasteiger partial charge is 0.303 e. The number of hydrogen-bond donors (Lipinski definition) is 1. The lowest BCUT2D eigenvalue weighted by atomic mass is 10.0. The van der Waals surface area contributed by atoms with E-state index in [0.29, 0.717) is 6.04 Å². The zero-order chi connectivity index (χ0) is 14.4. The Labute approximate surface area is 136 Å². The molecule has 2 atom stereocenters. The van der Waals surface area contributed by atoms with Crippen LogP contribution in [0.2, 0.25) is 4.34 Å². The van der Waals surface area contributed by atoms with Crippen LogP contribution in [0.4, 0.5) is 4.39 Å². The number of nitrogens with one attached hydrogen (secondary N) is 1. The van der Waals surface area contributed by atoms with Crippen LogP contribution in [0, 0.1) is 5.82 Å². The van der Waals surface area contributed by atoms with Gasteiger partial charge in [-0.2, -0.15) is 0 Å². The first-order valence-corrected chi connectivity index (χ1v) is 9.35. The molecule has 1 N–H and O–H groups in total. The number of halogens is 2. The van der Waals surface area contributed by atoms with E-state index in [1.807, 2.05) is 17.8 Å². The van der Waals surface area contributed by atoms with Gasteiger partial charge in [0, 0.05) is 21.9 Å². The molecule has 1 aliphatic carbocycles. The van der Waals surface area contributed by atoms with Crippen molar-refractivity contribution in [3.63, 3.8) is 0 Å². The summed E-state index contributed by atoms with van der Waals surface area (Å²) in [7, 11) is 0. The first-order chi connectivity index (χ1) is 10.2. The summed E-state index contributed by atoms with van der Waals surface area (Å²) in [5.41, 5.74) is 2.46. The number of rotatable bonds is 2. The van der Waals surface area contributed by atoms with Crippen LogP contribution >= 0.6 is 34.7 Å². The molecule has 2 aliphatic rings. The molecule has 0 fully saturated rings. The molecule has 2 unspecified atom stereocenters. The smallest absolute Gasteiger partial charge is 0.123 e. The number of hydrogen-bond acceptors (Lipinski definition) is 3. The lowest BCUT2D eigenvalue weighted by Gasteiger charge is -2.29. The Morgan fingerprint density at radius 3 is 2.90 bits per heavy atom. The van der Waals surface area contributed by atoms with Crippen LogP contribution in [0.25, 0.3) is 0 Å². The van der Waals surface area contributed by atoms with E-state index < -0.39 is 0 Å². The standard InChI is InChI=1S/C16H15ClFNS2/c17-16-8-11-12(2-4-15(11)21-16)19-13-5-6-20-14-3-1-9(18)7-10(13)14/h1,3,7-8,12-13,19H,2,4-6H2. The van der Waals surface area contributed by atoms with Crippen molar-refractivity contribution in [1.29, 1.82) is 0 Å². The van der Waals surface area contributed by atoms with Gasteiger partial charge in [0.2, 0.25) is 0 Å². The van der Waals surface area contributed by atoms with Crippen LogP contribution in [0.1, 0.15) is 40.9 Å². The second kappa shape index (κ2) is 5.58. The van der Waals surface area contributed by atoms with Crippen LogP contribution in [0.5, 0.6) is 0 Å². The maximum Gasteiger partial charge on any atom is 0.123 e. The minimum atomic E-state index is -0.145. The summed E-state index contributed by atoms with van der Waals surface area (Å²) in [5, 5.41) is 3.74. The Hall–Kier alpha value is -0.550. The van der Waals surface area contributed by atoms with E-state index in [2.05, 4.69) is 11.4 Å². The number of thioether (sulfide) groups is 1. The van der Waals surface area contributed by atoms with Gasteiger partial charge in [-0.15, -0.1) is 23.1 Å². The molecule has 1 nitrogen and oxygen atoms in total. The van der Waals surface area contributed by atoms with Crippen molar-refractivity contribution in [3.8, 4) is 0 Å². The van der Waals surface area contributed by atoms with E-state index in [1.54, 1.807) is 23.5 Å². The number of benzene rings is 1. The molecule has 0 spiro atoms. The van der Waals surface area contributed by atoms with Crippen molar-refractivity contribution in [3.05, 3.63) is 50.4 Å². The van der Waals surface area contributed by atoms with Gasteiger partial charge < -0.3 is 5.32 Å². The fourth-order valence-electron chi connectivity index (χ4n) is 3.28. The fraction of sp³-hybridized carbons (Fsp3) is 0.375. The summed E-state index contributed by atoms with van der Waals surface area (Å²) in [5.74, 6) is 0.939. The van der Waals surface area contributed by atoms with Gasteiger partial charge in [-0.25, -0.2) is 4.39 Å². The zero-order valence-corrected chi connectivity index (χ0v) is 13.8. The normalized spacial score (nSPS) is 23.9. The van der Waals surface area contributed by atoms with Crippen molar-refractivity contribution in [2.24, 2.45) is 0 Å². The average molecular weight is 340 g/mol. The summed E-state index contributed by atoms with van der Waals surface area (Å²) in [6.45, 7) is 0. The molecule has 0 saturated carbocycles. The Balaban J connectivity index is 1.61. The second-order valence-corrected chi connectivity index (χ2v) is 8.46. The van der Waals surface area contributed by atoms with Gasteiger partial charge in [0.1, 0.15) is 5.82 Å². The highest BCUT2D eigenvalue weighted by Crippen LogP contribution is 2.43. The third kappa shape index (κ3) is 2.63. The Bertz CT molecular complexity index is 685. The molecule has 0 amide bonds. The molecule has 4 rings (SSSR count). The van der Waals surface area contributed by atoms with E-state index in [9.17, 15) is 4.39 Å². The van der Waals surface area contributed by atoms with Crippen LogP contribution < -0.4 is 5.32 Å². The zero-order valence-electron chi connectivity index (χ0n) is 11.4. The third-order valence-electron chi connectivity index (χ3n) is 4.26. The van der Waals surface area contributed by atoms with Crippen LogP contribution in [0.15, 0.2) is 29.2 Å². The molecular formula is C16H15ClFNS2. The topological polar surface area (TPSA) is 12.0 Å². The second-order valence-electron chi connectivity index (χ2n) is 5.56. The molecule has 0 bridgehead atoms. The SMILES string of the molecule is Fc1ccc2c(c1)C(NC1CCc3sc(Cl)cc31)CCS2. The maximum atomic E-state index is 13.6. The van der Waals surface area contributed by atoms with Crippen molar-refractivity contribution < 1.29 is 4.39 Å². The van der Waals surface area contributed by atoms with Crippen LogP contribution in [-0.2, 0) is 6.42 Å². The Kier molecular flexibility index (Phi) is 3.74. The van der Waals surface area contributed by atoms with E-state index in [4.69, 9.17) is 11.6 Å². The first-order valence-electron chi connectivity index (χ1n) is 7.17. The summed E-state index contributed by atoms with van der Waals surface area (Å²) >= 11 is 9.64. The quantitative estimate of drug-likeness (QED) is 0.791. The monoisotopic (exact) mass is 339 g/mol. The van der Waals surface area contributed by atoms with Crippen LogP contribution in [-0.4, -0.2) is 5.75 Å². The molecule has 1 aromatic heterocycles. The molecule has 21 heavy (non-hydrogen) atoms. The maximum absolute atomic E-state index is 13.6. The number of fused-ring (bicyclic) bond motifs is 2. The van der Waals surface area contributed by atoms with Crippen molar-refractivity contribution in [2.45, 2.75) is 36.2 Å². The highest BCUT2D eigenvalue weighted by atomic mass is 35.5. The van der Waals surface area contributed by atoms with E-state index >= 15 is 0 Å². The molecule has 5 heteroatoms. The minimum Gasteiger partial charge on any atom is -0.303 e. The number of aryl methyl sites for hydroxylation is 1. The lowest BCUT2D eigenvalue weighted by molar-refractivity contribution is 0.426. The molecule has 2 aromatic rings. The minimum absolute atomic E-state index is 0.145. The lowest BCUT2D eigenvalue weighted by Crippen LogP contribution is -2.27. The summed E-state index contributed by atoms with van der Waals surface area (Å²) in [6.07, 6.45) is 3.26. The molecule has 0 saturated heterocycles. The Morgan fingerprint density at radius 1 is 1.14 bits per heavy atom. The summed E-state index contributed by atoms with van der Waals surface area (Å²) < 4.78 is 14.4. The van der Waals surface area contributed by atoms with E-state index in [0.717, 1.165) is 34.9 Å². The highest BCUT2D eigenvalue weighted by Gasteiger charge is 2.29. The predicted octanol–water partition coefficient (Wildman–Crippen LogP) is 5.35. The molecule has 2 heterocycles. The van der Waals surface area contributed by atoms with Gasteiger partial charge in [0.25, 0.3) is 0 Å². The van der Waals surface area contributed by atoms with Crippen molar-refractivity contribution in [2.75, 3.05) is 5.75 Å². The van der Waals surface area contributed by atoms with Gasteiger partial charge >= 0.3 is 0 Å². The van der Waals surface area contributed by atoms with Gasteiger partial charge in [-0.3, -0.25) is 0 Å². The number of thiophene rings is 1. The van der Waals surface area contributed by atoms with Gasteiger partial charge in [0.05, 0.1) is 4.34 Å². The average Bonchev–Trinajstić information content (AvgIpc) is 3.00.